The maximum atomic E-state index is 12.4. The lowest BCUT2D eigenvalue weighted by molar-refractivity contribution is 0.0924. The number of H-pyrrole nitrogens is 2. The third kappa shape index (κ3) is 3.33. The summed E-state index contributed by atoms with van der Waals surface area (Å²) in [7, 11) is 0. The number of pyridine rings is 2. The molecule has 4 heterocycles. The predicted molar refractivity (Wildman–Crippen MR) is 104 cm³/mol. The number of carbonyl (C=O) groups excluding carboxylic acids is 1. The average molecular weight is 371 g/mol. The Morgan fingerprint density at radius 1 is 1.21 bits per heavy atom. The molecule has 0 bridgehead atoms. The zero-order chi connectivity index (χ0) is 19.7. The van der Waals surface area contributed by atoms with E-state index in [-0.39, 0.29) is 5.69 Å². The number of aromatic amines is 2. The van der Waals surface area contributed by atoms with Gasteiger partial charge in [-0.3, -0.25) is 4.79 Å². The van der Waals surface area contributed by atoms with Crippen LogP contribution in [0.5, 0.6) is 0 Å². The molecule has 3 N–H and O–H groups in total. The largest absolute Gasteiger partial charge is 0.343 e. The Morgan fingerprint density at radius 2 is 2.07 bits per heavy atom. The van der Waals surface area contributed by atoms with Gasteiger partial charge in [0.05, 0.1) is 35.7 Å². The molecule has 0 aliphatic carbocycles. The number of imidazole rings is 1. The molecule has 138 valence electrons. The van der Waals surface area contributed by atoms with Crippen LogP contribution in [0.3, 0.4) is 0 Å². The van der Waals surface area contributed by atoms with E-state index in [0.717, 1.165) is 28.0 Å². The molecule has 0 aromatic carbocycles. The molecule has 8 nitrogen and oxygen atoms in total. The molecular formula is C20H17N7O. The summed E-state index contributed by atoms with van der Waals surface area (Å²) in [6, 6.07) is 11.2. The molecule has 0 saturated carbocycles. The number of hydrogen-bond acceptors (Lipinski definition) is 5. The first-order valence-corrected chi connectivity index (χ1v) is 8.64. The number of nitrogens with zero attached hydrogens (tertiary/aromatic N) is 4. The van der Waals surface area contributed by atoms with Crippen LogP contribution in [-0.2, 0) is 0 Å². The SMILES string of the molecule is CC(C)(C#N)NC(=O)c1cccc(-c2cnc3[nH]c(-c4cnc[nH]4)cc3c2)n1. The van der Waals surface area contributed by atoms with Crippen LogP contribution in [-0.4, -0.2) is 36.4 Å². The monoisotopic (exact) mass is 371 g/mol. The molecule has 0 atom stereocenters. The van der Waals surface area contributed by atoms with E-state index >= 15 is 0 Å². The van der Waals surface area contributed by atoms with E-state index in [1.807, 2.05) is 24.3 Å². The van der Waals surface area contributed by atoms with Gasteiger partial charge in [-0.05, 0) is 38.1 Å². The Morgan fingerprint density at radius 3 is 2.82 bits per heavy atom. The quantitative estimate of drug-likeness (QED) is 0.509. The number of amides is 1. The second kappa shape index (κ2) is 6.63. The van der Waals surface area contributed by atoms with E-state index in [0.29, 0.717) is 5.69 Å². The molecule has 0 unspecified atom stereocenters. The first kappa shape index (κ1) is 17.4. The number of rotatable bonds is 4. The Labute approximate surface area is 160 Å². The van der Waals surface area contributed by atoms with Crippen molar-refractivity contribution in [1.82, 2.24) is 30.2 Å². The number of fused-ring (bicyclic) bond motifs is 1. The van der Waals surface area contributed by atoms with Crippen LogP contribution in [0.4, 0.5) is 0 Å². The van der Waals surface area contributed by atoms with Crippen molar-refractivity contribution in [3.63, 3.8) is 0 Å². The summed E-state index contributed by atoms with van der Waals surface area (Å²) >= 11 is 0. The Balaban J connectivity index is 1.66. The fraction of sp³-hybridized carbons (Fsp3) is 0.150. The molecule has 0 aliphatic heterocycles. The minimum Gasteiger partial charge on any atom is -0.343 e. The van der Waals surface area contributed by atoms with Crippen LogP contribution in [0.1, 0.15) is 24.3 Å². The second-order valence-corrected chi connectivity index (χ2v) is 6.91. The molecule has 0 saturated heterocycles. The first-order valence-electron chi connectivity index (χ1n) is 8.64. The van der Waals surface area contributed by atoms with Gasteiger partial charge in [-0.1, -0.05) is 6.07 Å². The summed E-state index contributed by atoms with van der Waals surface area (Å²) in [5, 5.41) is 12.7. The molecule has 0 aliphatic rings. The van der Waals surface area contributed by atoms with Crippen LogP contribution in [0, 0.1) is 11.3 Å². The smallest absolute Gasteiger partial charge is 0.271 e. The third-order valence-corrected chi connectivity index (χ3v) is 4.24. The molecule has 8 heteroatoms. The van der Waals surface area contributed by atoms with Gasteiger partial charge in [0.2, 0.25) is 0 Å². The van der Waals surface area contributed by atoms with Crippen molar-refractivity contribution in [3.05, 3.63) is 54.7 Å². The number of nitriles is 1. The average Bonchev–Trinajstić information content (AvgIpc) is 3.36. The van der Waals surface area contributed by atoms with E-state index < -0.39 is 11.4 Å². The van der Waals surface area contributed by atoms with Crippen molar-refractivity contribution in [1.29, 1.82) is 5.26 Å². The fourth-order valence-corrected chi connectivity index (χ4v) is 2.80. The second-order valence-electron chi connectivity index (χ2n) is 6.91. The van der Waals surface area contributed by atoms with Crippen molar-refractivity contribution in [2.75, 3.05) is 0 Å². The molecule has 4 aromatic heterocycles. The molecule has 0 spiro atoms. The molecule has 0 radical (unpaired) electrons. The summed E-state index contributed by atoms with van der Waals surface area (Å²) in [6.45, 7) is 3.27. The minimum absolute atomic E-state index is 0.244. The number of carbonyl (C=O) groups is 1. The van der Waals surface area contributed by atoms with E-state index in [1.165, 1.54) is 0 Å². The number of aromatic nitrogens is 5. The highest BCUT2D eigenvalue weighted by Gasteiger charge is 2.21. The van der Waals surface area contributed by atoms with Gasteiger partial charge >= 0.3 is 0 Å². The molecule has 4 rings (SSSR count). The van der Waals surface area contributed by atoms with Crippen LogP contribution >= 0.6 is 0 Å². The fourth-order valence-electron chi connectivity index (χ4n) is 2.80. The van der Waals surface area contributed by atoms with Crippen LogP contribution in [0.25, 0.3) is 33.7 Å². The highest BCUT2D eigenvalue weighted by Crippen LogP contribution is 2.25. The predicted octanol–water partition coefficient (Wildman–Crippen LogP) is 3.05. The summed E-state index contributed by atoms with van der Waals surface area (Å²) in [4.78, 5) is 31.6. The van der Waals surface area contributed by atoms with E-state index in [4.69, 9.17) is 5.26 Å². The summed E-state index contributed by atoms with van der Waals surface area (Å²) in [6.07, 6.45) is 5.06. The van der Waals surface area contributed by atoms with E-state index in [9.17, 15) is 4.79 Å². The summed E-state index contributed by atoms with van der Waals surface area (Å²) in [5.41, 5.74) is 3.20. The number of hydrogen-bond donors (Lipinski definition) is 3. The summed E-state index contributed by atoms with van der Waals surface area (Å²) < 4.78 is 0. The minimum atomic E-state index is -0.969. The van der Waals surface area contributed by atoms with E-state index in [1.54, 1.807) is 44.7 Å². The van der Waals surface area contributed by atoms with Crippen LogP contribution in [0.2, 0.25) is 0 Å². The Kier molecular flexibility index (Phi) is 4.12. The highest BCUT2D eigenvalue weighted by atomic mass is 16.2. The van der Waals surface area contributed by atoms with Gasteiger partial charge in [0.25, 0.3) is 5.91 Å². The van der Waals surface area contributed by atoms with Gasteiger partial charge in [0.1, 0.15) is 16.9 Å². The molecule has 28 heavy (non-hydrogen) atoms. The molecule has 0 fully saturated rings. The van der Waals surface area contributed by atoms with Gasteiger partial charge in [-0.15, -0.1) is 0 Å². The normalized spacial score (nSPS) is 11.3. The Hall–Kier alpha value is -3.99. The topological polar surface area (TPSA) is 123 Å². The highest BCUT2D eigenvalue weighted by molar-refractivity contribution is 5.93. The first-order chi connectivity index (χ1) is 13.4. The zero-order valence-electron chi connectivity index (χ0n) is 15.3. The van der Waals surface area contributed by atoms with Gasteiger partial charge < -0.3 is 15.3 Å². The standard InChI is InChI=1S/C20H17N7O/c1-20(2,10-21)27-19(28)15-5-3-4-14(25-15)13-6-12-7-16(17-9-22-11-24-17)26-18(12)23-8-13/h3-9,11H,1-2H3,(H,22,24)(H,23,26)(H,27,28). The maximum Gasteiger partial charge on any atom is 0.271 e. The zero-order valence-corrected chi connectivity index (χ0v) is 15.3. The van der Waals surface area contributed by atoms with Gasteiger partial charge in [-0.25, -0.2) is 15.0 Å². The third-order valence-electron chi connectivity index (χ3n) is 4.24. The molecule has 4 aromatic rings. The van der Waals surface area contributed by atoms with Gasteiger partial charge in [0, 0.05) is 17.1 Å². The van der Waals surface area contributed by atoms with Crippen molar-refractivity contribution in [2.45, 2.75) is 19.4 Å². The van der Waals surface area contributed by atoms with Gasteiger partial charge in [0.15, 0.2) is 0 Å². The molecule has 1 amide bonds. The van der Waals surface area contributed by atoms with Crippen molar-refractivity contribution in [3.8, 4) is 28.7 Å². The molecular weight excluding hydrogens is 354 g/mol. The van der Waals surface area contributed by atoms with E-state index in [2.05, 4.69) is 30.2 Å². The lowest BCUT2D eigenvalue weighted by Gasteiger charge is -2.17. The lowest BCUT2D eigenvalue weighted by Crippen LogP contribution is -2.42. The summed E-state index contributed by atoms with van der Waals surface area (Å²) in [5.74, 6) is -0.398. The van der Waals surface area contributed by atoms with Gasteiger partial charge in [-0.2, -0.15) is 5.26 Å². The van der Waals surface area contributed by atoms with Crippen molar-refractivity contribution >= 4 is 16.9 Å². The maximum absolute atomic E-state index is 12.4. The number of nitrogens with one attached hydrogen (secondary N) is 3. The van der Waals surface area contributed by atoms with Crippen molar-refractivity contribution in [2.24, 2.45) is 0 Å². The lowest BCUT2D eigenvalue weighted by atomic mass is 10.1. The van der Waals surface area contributed by atoms with Crippen LogP contribution < -0.4 is 5.32 Å². The van der Waals surface area contributed by atoms with Crippen molar-refractivity contribution < 1.29 is 4.79 Å². The van der Waals surface area contributed by atoms with Crippen LogP contribution in [0.15, 0.2) is 49.1 Å². The Bertz CT molecular complexity index is 1200.